The first-order valence-corrected chi connectivity index (χ1v) is 8.82. The van der Waals surface area contributed by atoms with Crippen LogP contribution in [0.2, 0.25) is 10.0 Å². The summed E-state index contributed by atoms with van der Waals surface area (Å²) < 4.78 is 0. The highest BCUT2D eigenvalue weighted by atomic mass is 35.5. The van der Waals surface area contributed by atoms with Crippen LogP contribution in [0, 0.1) is 0 Å². The summed E-state index contributed by atoms with van der Waals surface area (Å²) >= 11 is 11.7. The van der Waals surface area contributed by atoms with Crippen molar-refractivity contribution in [1.29, 1.82) is 0 Å². The first kappa shape index (κ1) is 20.4. The predicted octanol–water partition coefficient (Wildman–Crippen LogP) is 1.77. The number of carbonyl (C=O) groups excluding carboxylic acids is 2. The number of piperidine rings is 1. The van der Waals surface area contributed by atoms with Gasteiger partial charge in [-0.15, -0.1) is 0 Å². The van der Waals surface area contributed by atoms with Gasteiger partial charge in [-0.05, 0) is 25.0 Å². The molecule has 2 amide bonds. The number of rotatable bonds is 6. The highest BCUT2D eigenvalue weighted by molar-refractivity contribution is 6.42. The summed E-state index contributed by atoms with van der Waals surface area (Å²) in [5, 5.41) is 26.2. The molecule has 0 atom stereocenters. The number of hydrogen-bond acceptors (Lipinski definition) is 5. The van der Waals surface area contributed by atoms with Gasteiger partial charge in [-0.1, -0.05) is 29.8 Å². The van der Waals surface area contributed by atoms with Crippen LogP contribution in [0.3, 0.4) is 0 Å². The lowest BCUT2D eigenvalue weighted by atomic mass is 9.91. The van der Waals surface area contributed by atoms with Crippen LogP contribution in [-0.2, 0) is 9.59 Å². The Morgan fingerprint density at radius 3 is 2.50 bits per heavy atom. The molecule has 1 aliphatic heterocycles. The van der Waals surface area contributed by atoms with Crippen LogP contribution in [-0.4, -0.2) is 58.7 Å². The van der Waals surface area contributed by atoms with Crippen LogP contribution in [0.25, 0.3) is 0 Å². The SMILES string of the molecule is C=CC(=O)NCC1(O)CCN(C(=O)CNc2cc(Cl)c(Cl)cc2O)CC1. The second-order valence-electron chi connectivity index (χ2n) is 6.16. The number of aromatic hydroxyl groups is 1. The van der Waals surface area contributed by atoms with Crippen LogP contribution in [0.4, 0.5) is 5.69 Å². The van der Waals surface area contributed by atoms with Crippen LogP contribution in [0.1, 0.15) is 12.8 Å². The average Bonchev–Trinajstić information content (AvgIpc) is 2.62. The molecule has 9 heteroatoms. The third-order valence-corrected chi connectivity index (χ3v) is 5.01. The second-order valence-corrected chi connectivity index (χ2v) is 6.98. The van der Waals surface area contributed by atoms with Gasteiger partial charge >= 0.3 is 0 Å². The molecule has 1 aromatic carbocycles. The molecule has 1 aliphatic rings. The minimum Gasteiger partial charge on any atom is -0.506 e. The summed E-state index contributed by atoms with van der Waals surface area (Å²) in [4.78, 5) is 25.1. The molecule has 26 heavy (non-hydrogen) atoms. The average molecular weight is 402 g/mol. The Labute approximate surface area is 161 Å². The molecule has 0 aromatic heterocycles. The van der Waals surface area contributed by atoms with E-state index in [9.17, 15) is 19.8 Å². The van der Waals surface area contributed by atoms with Crippen molar-refractivity contribution in [2.24, 2.45) is 0 Å². The quantitative estimate of drug-likeness (QED) is 0.429. The van der Waals surface area contributed by atoms with Gasteiger partial charge < -0.3 is 25.7 Å². The molecular weight excluding hydrogens is 381 g/mol. The second kappa shape index (κ2) is 8.62. The lowest BCUT2D eigenvalue weighted by Gasteiger charge is -2.38. The van der Waals surface area contributed by atoms with Crippen molar-refractivity contribution < 1.29 is 19.8 Å². The molecule has 1 saturated heterocycles. The highest BCUT2D eigenvalue weighted by Crippen LogP contribution is 2.33. The van der Waals surface area contributed by atoms with E-state index < -0.39 is 5.60 Å². The van der Waals surface area contributed by atoms with E-state index in [1.807, 2.05) is 0 Å². The summed E-state index contributed by atoms with van der Waals surface area (Å²) in [6, 6.07) is 2.75. The molecule has 0 unspecified atom stereocenters. The van der Waals surface area contributed by atoms with E-state index >= 15 is 0 Å². The van der Waals surface area contributed by atoms with Gasteiger partial charge in [-0.25, -0.2) is 0 Å². The molecule has 1 fully saturated rings. The number of phenols is 1. The molecule has 1 heterocycles. The van der Waals surface area contributed by atoms with E-state index in [2.05, 4.69) is 17.2 Å². The summed E-state index contributed by atoms with van der Waals surface area (Å²) in [6.45, 7) is 4.19. The molecular formula is C17H21Cl2N3O4. The zero-order chi connectivity index (χ0) is 19.3. The summed E-state index contributed by atoms with van der Waals surface area (Å²) in [7, 11) is 0. The number of anilines is 1. The Balaban J connectivity index is 1.84. The fourth-order valence-corrected chi connectivity index (χ4v) is 2.96. The van der Waals surface area contributed by atoms with Crippen molar-refractivity contribution in [3.63, 3.8) is 0 Å². The predicted molar refractivity (Wildman–Crippen MR) is 101 cm³/mol. The van der Waals surface area contributed by atoms with Crippen LogP contribution < -0.4 is 10.6 Å². The smallest absolute Gasteiger partial charge is 0.243 e. The summed E-state index contributed by atoms with van der Waals surface area (Å²) in [5.74, 6) is -0.617. The monoisotopic (exact) mass is 401 g/mol. The Morgan fingerprint density at radius 1 is 1.27 bits per heavy atom. The summed E-state index contributed by atoms with van der Waals surface area (Å²) in [5.41, 5.74) is -0.724. The number of halogens is 2. The first-order valence-electron chi connectivity index (χ1n) is 8.06. The van der Waals surface area contributed by atoms with Crippen LogP contribution in [0.5, 0.6) is 5.75 Å². The molecule has 0 aliphatic carbocycles. The van der Waals surface area contributed by atoms with E-state index in [0.29, 0.717) is 31.6 Å². The maximum Gasteiger partial charge on any atom is 0.243 e. The molecule has 4 N–H and O–H groups in total. The molecule has 142 valence electrons. The van der Waals surface area contributed by atoms with E-state index in [4.69, 9.17) is 23.2 Å². The third kappa shape index (κ3) is 5.27. The lowest BCUT2D eigenvalue weighted by Crippen LogP contribution is -2.52. The third-order valence-electron chi connectivity index (χ3n) is 4.29. The minimum atomic E-state index is -1.04. The molecule has 0 bridgehead atoms. The Kier molecular flexibility index (Phi) is 6.75. The number of aliphatic hydroxyl groups is 1. The molecule has 0 saturated carbocycles. The number of hydrogen-bond donors (Lipinski definition) is 4. The van der Waals surface area contributed by atoms with Gasteiger partial charge in [0.15, 0.2) is 0 Å². The first-order chi connectivity index (χ1) is 12.2. The number of benzene rings is 1. The van der Waals surface area contributed by atoms with Gasteiger partial charge in [-0.3, -0.25) is 9.59 Å². The van der Waals surface area contributed by atoms with Crippen molar-refractivity contribution in [3.05, 3.63) is 34.8 Å². The van der Waals surface area contributed by atoms with Crippen molar-refractivity contribution in [1.82, 2.24) is 10.2 Å². The van der Waals surface area contributed by atoms with Gasteiger partial charge in [0.1, 0.15) is 5.75 Å². The maximum absolute atomic E-state index is 12.3. The topological polar surface area (TPSA) is 102 Å². The number of nitrogens with one attached hydrogen (secondary N) is 2. The van der Waals surface area contributed by atoms with E-state index in [1.165, 1.54) is 12.1 Å². The van der Waals surface area contributed by atoms with Crippen LogP contribution >= 0.6 is 23.2 Å². The number of likely N-dealkylation sites (tertiary alicyclic amines) is 1. The normalized spacial score (nSPS) is 16.0. The van der Waals surface area contributed by atoms with Gasteiger partial charge in [0.25, 0.3) is 0 Å². The number of phenolic OH excluding ortho intramolecular Hbond substituents is 1. The Hall–Kier alpha value is -1.96. The standard InChI is InChI=1S/C17H21Cl2N3O4/c1-2-15(24)21-10-17(26)3-5-22(6-4-17)16(25)9-20-13-7-11(18)12(19)8-14(13)23/h2,7-8,20,23,26H,1,3-6,9-10H2,(H,21,24). The van der Waals surface area contributed by atoms with Gasteiger partial charge in [0.05, 0.1) is 27.9 Å². The van der Waals surface area contributed by atoms with Crippen molar-refractivity contribution >= 4 is 40.7 Å². The molecule has 0 radical (unpaired) electrons. The molecule has 7 nitrogen and oxygen atoms in total. The zero-order valence-electron chi connectivity index (χ0n) is 14.1. The summed E-state index contributed by atoms with van der Waals surface area (Å²) in [6.07, 6.45) is 1.86. The fraction of sp³-hybridized carbons (Fsp3) is 0.412. The largest absolute Gasteiger partial charge is 0.506 e. The Morgan fingerprint density at radius 2 is 1.88 bits per heavy atom. The Bertz CT molecular complexity index is 703. The van der Waals surface area contributed by atoms with Crippen molar-refractivity contribution in [2.75, 3.05) is 31.5 Å². The van der Waals surface area contributed by atoms with E-state index in [0.717, 1.165) is 6.08 Å². The van der Waals surface area contributed by atoms with Crippen molar-refractivity contribution in [2.45, 2.75) is 18.4 Å². The number of amides is 2. The minimum absolute atomic E-state index is 0.0306. The number of nitrogens with zero attached hydrogens (tertiary/aromatic N) is 1. The van der Waals surface area contributed by atoms with Crippen LogP contribution in [0.15, 0.2) is 24.8 Å². The number of carbonyl (C=O) groups is 2. The fourth-order valence-electron chi connectivity index (χ4n) is 2.63. The van der Waals surface area contributed by atoms with Crippen molar-refractivity contribution in [3.8, 4) is 5.75 Å². The van der Waals surface area contributed by atoms with E-state index in [-0.39, 0.29) is 40.7 Å². The maximum atomic E-state index is 12.3. The lowest BCUT2D eigenvalue weighted by molar-refractivity contribution is -0.134. The highest BCUT2D eigenvalue weighted by Gasteiger charge is 2.33. The van der Waals surface area contributed by atoms with Gasteiger partial charge in [0, 0.05) is 25.7 Å². The molecule has 1 aromatic rings. The molecule has 0 spiro atoms. The van der Waals surface area contributed by atoms with Gasteiger partial charge in [-0.2, -0.15) is 0 Å². The molecule has 2 rings (SSSR count). The van der Waals surface area contributed by atoms with Gasteiger partial charge in [0.2, 0.25) is 11.8 Å². The van der Waals surface area contributed by atoms with E-state index in [1.54, 1.807) is 4.90 Å². The zero-order valence-corrected chi connectivity index (χ0v) is 15.6.